The van der Waals surface area contributed by atoms with Gasteiger partial charge in [0.1, 0.15) is 13.2 Å². The van der Waals surface area contributed by atoms with Crippen LogP contribution in [0.3, 0.4) is 0 Å². The van der Waals surface area contributed by atoms with Crippen LogP contribution in [0.4, 0.5) is 0 Å². The van der Waals surface area contributed by atoms with Crippen LogP contribution in [0.2, 0.25) is 0 Å². The van der Waals surface area contributed by atoms with Crippen LogP contribution in [-0.2, 0) is 51.4 Å². The molecule has 0 spiro atoms. The minimum atomic E-state index is -1.58. The average Bonchev–Trinajstić information content (AvgIpc) is 3.48. The van der Waals surface area contributed by atoms with Crippen LogP contribution in [0.15, 0.2) is 60.7 Å². The Hall–Kier alpha value is -3.81. The number of Topliss-reactive ketones (excluding diaryl/α,β-unsaturated/α-hetero) is 2. The van der Waals surface area contributed by atoms with Crippen molar-refractivity contribution in [2.45, 2.75) is 167 Å². The molecule has 1 saturated carbocycles. The molecule has 1 aliphatic carbocycles. The molecule has 1 atom stereocenters. The Balaban J connectivity index is 1.51. The summed E-state index contributed by atoms with van der Waals surface area (Å²) in [5, 5.41) is 0. The number of esters is 3. The van der Waals surface area contributed by atoms with Gasteiger partial charge in [-0.25, -0.2) is 0 Å². The summed E-state index contributed by atoms with van der Waals surface area (Å²) in [6, 6.07) is 19.0. The quantitative estimate of drug-likeness (QED) is 0.0370. The van der Waals surface area contributed by atoms with Gasteiger partial charge in [0.05, 0.1) is 0 Å². The molecule has 1 unspecified atom stereocenters. The third-order valence-electron chi connectivity index (χ3n) is 10.1. The molecule has 0 amide bonds. The van der Waals surface area contributed by atoms with Crippen molar-refractivity contribution in [1.29, 1.82) is 0 Å². The molecule has 8 nitrogen and oxygen atoms in total. The van der Waals surface area contributed by atoms with Gasteiger partial charge in [-0.2, -0.15) is 0 Å². The van der Waals surface area contributed by atoms with Crippen molar-refractivity contribution in [2.75, 3.05) is 0 Å². The van der Waals surface area contributed by atoms with Gasteiger partial charge in [0.25, 0.3) is 0 Å². The molecule has 0 aromatic heterocycles. The molecule has 0 aliphatic heterocycles. The van der Waals surface area contributed by atoms with E-state index >= 15 is 0 Å². The fourth-order valence-corrected chi connectivity index (χ4v) is 6.82. The summed E-state index contributed by atoms with van der Waals surface area (Å²) in [4.78, 5) is 65.0. The molecule has 3 rings (SSSR count). The Morgan fingerprint density at radius 2 is 0.981 bits per heavy atom. The first kappa shape index (κ1) is 42.6. The number of carbonyl (C=O) groups is 5. The molecule has 1 aliphatic rings. The van der Waals surface area contributed by atoms with E-state index in [9.17, 15) is 24.0 Å². The molecule has 0 radical (unpaired) electrons. The maximum absolute atomic E-state index is 14.0. The highest BCUT2D eigenvalue weighted by Gasteiger charge is 2.50. The van der Waals surface area contributed by atoms with E-state index in [1.54, 1.807) is 0 Å². The molecular weight excluding hydrogens is 656 g/mol. The van der Waals surface area contributed by atoms with E-state index in [4.69, 9.17) is 14.2 Å². The molecule has 2 aromatic carbocycles. The first-order chi connectivity index (χ1) is 25.4. The second-order valence-corrected chi connectivity index (χ2v) is 14.4. The minimum Gasteiger partial charge on any atom is -0.461 e. The SMILES string of the molecule is CCCCCCCCCCCC(CCCCCCCCCCC(=O)OCc1ccccc1)(C(=O)OCc1ccccc1)C(=O)OC1C(=O)CCC1=O. The maximum atomic E-state index is 14.0. The zero-order chi connectivity index (χ0) is 37.3. The molecule has 2 aromatic rings. The third kappa shape index (κ3) is 15.8. The molecule has 8 heteroatoms. The highest BCUT2D eigenvalue weighted by Crippen LogP contribution is 2.37. The van der Waals surface area contributed by atoms with Crippen molar-refractivity contribution in [2.24, 2.45) is 5.41 Å². The summed E-state index contributed by atoms with van der Waals surface area (Å²) in [5.74, 6) is -2.42. The molecule has 1 fully saturated rings. The van der Waals surface area contributed by atoms with E-state index in [1.165, 1.54) is 32.1 Å². The number of unbranched alkanes of at least 4 members (excludes halogenated alkanes) is 15. The number of hydrogen-bond acceptors (Lipinski definition) is 8. The van der Waals surface area contributed by atoms with Crippen LogP contribution >= 0.6 is 0 Å². The number of hydrogen-bond donors (Lipinski definition) is 0. The fourth-order valence-electron chi connectivity index (χ4n) is 6.82. The maximum Gasteiger partial charge on any atom is 0.324 e. The Kier molecular flexibility index (Phi) is 20.7. The zero-order valence-corrected chi connectivity index (χ0v) is 31.6. The molecule has 0 heterocycles. The summed E-state index contributed by atoms with van der Waals surface area (Å²) in [6.45, 7) is 2.54. The smallest absolute Gasteiger partial charge is 0.324 e. The minimum absolute atomic E-state index is 0.0263. The molecule has 52 heavy (non-hydrogen) atoms. The monoisotopic (exact) mass is 718 g/mol. The summed E-state index contributed by atoms with van der Waals surface area (Å²) < 4.78 is 16.8. The van der Waals surface area contributed by atoms with Crippen LogP contribution < -0.4 is 0 Å². The Morgan fingerprint density at radius 3 is 1.46 bits per heavy atom. The van der Waals surface area contributed by atoms with Gasteiger partial charge in [-0.15, -0.1) is 0 Å². The van der Waals surface area contributed by atoms with E-state index in [2.05, 4.69) is 6.92 Å². The largest absolute Gasteiger partial charge is 0.461 e. The zero-order valence-electron chi connectivity index (χ0n) is 31.6. The topological polar surface area (TPSA) is 113 Å². The summed E-state index contributed by atoms with van der Waals surface area (Å²) in [7, 11) is 0. The van der Waals surface area contributed by atoms with Gasteiger partial charge in [-0.05, 0) is 30.4 Å². The predicted molar refractivity (Wildman–Crippen MR) is 202 cm³/mol. The Labute approximate surface area is 311 Å². The Bertz CT molecular complexity index is 1320. The van der Waals surface area contributed by atoms with Crippen molar-refractivity contribution in [3.8, 4) is 0 Å². The van der Waals surface area contributed by atoms with E-state index in [1.807, 2.05) is 60.7 Å². The van der Waals surface area contributed by atoms with Crippen LogP contribution in [-0.4, -0.2) is 35.6 Å². The van der Waals surface area contributed by atoms with Crippen LogP contribution in [0, 0.1) is 5.41 Å². The highest BCUT2D eigenvalue weighted by atomic mass is 16.6. The van der Waals surface area contributed by atoms with Crippen LogP contribution in [0.1, 0.15) is 159 Å². The first-order valence-electron chi connectivity index (χ1n) is 20.0. The van der Waals surface area contributed by atoms with Crippen molar-refractivity contribution >= 4 is 29.5 Å². The van der Waals surface area contributed by atoms with E-state index in [0.29, 0.717) is 25.9 Å². The lowest BCUT2D eigenvalue weighted by Gasteiger charge is -2.30. The van der Waals surface area contributed by atoms with E-state index in [-0.39, 0.29) is 38.3 Å². The van der Waals surface area contributed by atoms with Crippen molar-refractivity contribution < 1.29 is 38.2 Å². The molecule has 286 valence electrons. The lowest BCUT2D eigenvalue weighted by atomic mass is 9.77. The number of rotatable bonds is 28. The number of ether oxygens (including phenoxy) is 3. The Morgan fingerprint density at radius 1 is 0.558 bits per heavy atom. The lowest BCUT2D eigenvalue weighted by molar-refractivity contribution is -0.180. The average molecular weight is 719 g/mol. The highest BCUT2D eigenvalue weighted by molar-refractivity contribution is 6.13. The second-order valence-electron chi connectivity index (χ2n) is 14.4. The van der Waals surface area contributed by atoms with Gasteiger partial charge in [0, 0.05) is 19.3 Å². The molecular formula is C44H62O8. The predicted octanol–water partition coefficient (Wildman–Crippen LogP) is 10.1. The summed E-state index contributed by atoms with van der Waals surface area (Å²) in [6.07, 6.45) is 16.6. The first-order valence-corrected chi connectivity index (χ1v) is 20.0. The summed E-state index contributed by atoms with van der Waals surface area (Å²) >= 11 is 0. The normalized spacial score (nSPS) is 14.2. The lowest BCUT2D eigenvalue weighted by Crippen LogP contribution is -2.45. The van der Waals surface area contributed by atoms with E-state index < -0.39 is 35.0 Å². The van der Waals surface area contributed by atoms with Crippen molar-refractivity contribution in [3.63, 3.8) is 0 Å². The van der Waals surface area contributed by atoms with Gasteiger partial charge in [-0.3, -0.25) is 24.0 Å². The van der Waals surface area contributed by atoms with Gasteiger partial charge in [-0.1, -0.05) is 170 Å². The third-order valence-corrected chi connectivity index (χ3v) is 10.1. The van der Waals surface area contributed by atoms with Crippen LogP contribution in [0.25, 0.3) is 0 Å². The van der Waals surface area contributed by atoms with Crippen molar-refractivity contribution in [3.05, 3.63) is 71.8 Å². The van der Waals surface area contributed by atoms with Crippen LogP contribution in [0.5, 0.6) is 0 Å². The van der Waals surface area contributed by atoms with E-state index in [0.717, 1.165) is 75.3 Å². The van der Waals surface area contributed by atoms with Gasteiger partial charge in [0.15, 0.2) is 17.0 Å². The second kappa shape index (κ2) is 25.2. The molecule has 0 saturated heterocycles. The number of benzene rings is 2. The molecule has 0 bridgehead atoms. The van der Waals surface area contributed by atoms with Gasteiger partial charge in [0.2, 0.25) is 6.10 Å². The number of carbonyl (C=O) groups excluding carboxylic acids is 5. The standard InChI is InChI=1S/C44H62O8/c1-2-3-4-5-6-8-11-14-23-32-44(42(48)51-35-37-27-20-17-21-28-37,43(49)52-41-38(45)30-31-39(41)46)33-24-15-12-9-7-10-13-22-29-40(47)50-34-36-25-18-16-19-26-36/h16-21,25-28,41H,2-15,22-24,29-35H2,1H3. The van der Waals surface area contributed by atoms with Gasteiger partial charge >= 0.3 is 17.9 Å². The fraction of sp³-hybridized carbons (Fsp3) is 0.614. The summed E-state index contributed by atoms with van der Waals surface area (Å²) in [5.41, 5.74) is 0.219. The van der Waals surface area contributed by atoms with Crippen molar-refractivity contribution in [1.82, 2.24) is 0 Å². The van der Waals surface area contributed by atoms with Gasteiger partial charge < -0.3 is 14.2 Å². The molecule has 0 N–H and O–H groups in total. The number of ketones is 2.